The third-order valence-corrected chi connectivity index (χ3v) is 5.60. The normalized spacial score (nSPS) is 12.0. The zero-order chi connectivity index (χ0) is 21.0. The van der Waals surface area contributed by atoms with Gasteiger partial charge in [-0.2, -0.15) is 0 Å². The van der Waals surface area contributed by atoms with Crippen LogP contribution in [0, 0.1) is 6.92 Å². The first kappa shape index (κ1) is 20.7. The fourth-order valence-corrected chi connectivity index (χ4v) is 3.82. The van der Waals surface area contributed by atoms with Crippen LogP contribution in [0.2, 0.25) is 0 Å². The second kappa shape index (κ2) is 8.97. The molecule has 9 heteroatoms. The number of para-hydroxylation sites is 1. The standard InChI is InChI=1S/C20H21N3O5S/c1-12-15-18(29-16(12)20(26)28-10-9-27-3)21-11-23(19(15)25)13(2)17(24)22-14-7-5-4-6-8-14/h4-8,11,13H,9-10H2,1-3H3,(H,22,24)/t13-/m0/s1. The Kier molecular flexibility index (Phi) is 6.40. The van der Waals surface area contributed by atoms with Crippen molar-refractivity contribution in [3.05, 3.63) is 57.5 Å². The van der Waals surface area contributed by atoms with E-state index in [0.29, 0.717) is 26.3 Å². The lowest BCUT2D eigenvalue weighted by Crippen LogP contribution is -2.31. The molecule has 0 unspecified atom stereocenters. The van der Waals surface area contributed by atoms with Crippen LogP contribution < -0.4 is 10.9 Å². The van der Waals surface area contributed by atoms with E-state index in [4.69, 9.17) is 9.47 Å². The number of fused-ring (bicyclic) bond motifs is 1. The highest BCUT2D eigenvalue weighted by Crippen LogP contribution is 2.28. The summed E-state index contributed by atoms with van der Waals surface area (Å²) in [4.78, 5) is 42.9. The van der Waals surface area contributed by atoms with Crippen LogP contribution in [0.25, 0.3) is 10.2 Å². The van der Waals surface area contributed by atoms with Crippen molar-refractivity contribution >= 4 is 39.1 Å². The minimum Gasteiger partial charge on any atom is -0.459 e. The Bertz CT molecular complexity index is 1090. The number of aryl methyl sites for hydroxylation is 1. The quantitative estimate of drug-likeness (QED) is 0.471. The summed E-state index contributed by atoms with van der Waals surface area (Å²) in [7, 11) is 1.51. The van der Waals surface area contributed by atoms with Crippen LogP contribution in [0.15, 0.2) is 41.5 Å². The summed E-state index contributed by atoms with van der Waals surface area (Å²) in [6.07, 6.45) is 1.33. The number of carbonyl (C=O) groups is 2. The molecule has 2 heterocycles. The second-order valence-electron chi connectivity index (χ2n) is 6.35. The molecule has 0 bridgehead atoms. The van der Waals surface area contributed by atoms with Crippen LogP contribution in [-0.2, 0) is 14.3 Å². The highest BCUT2D eigenvalue weighted by molar-refractivity contribution is 7.20. The van der Waals surface area contributed by atoms with Gasteiger partial charge >= 0.3 is 5.97 Å². The number of hydrogen-bond acceptors (Lipinski definition) is 7. The number of esters is 1. The third kappa shape index (κ3) is 4.36. The van der Waals surface area contributed by atoms with Gasteiger partial charge < -0.3 is 14.8 Å². The van der Waals surface area contributed by atoms with Gasteiger partial charge in [-0.1, -0.05) is 18.2 Å². The Labute approximate surface area is 171 Å². The SMILES string of the molecule is COCCOC(=O)c1sc2ncn([C@@H](C)C(=O)Nc3ccccc3)c(=O)c2c1C. The number of anilines is 1. The van der Waals surface area contributed by atoms with E-state index in [9.17, 15) is 14.4 Å². The fourth-order valence-electron chi connectivity index (χ4n) is 2.79. The van der Waals surface area contributed by atoms with Crippen molar-refractivity contribution in [1.82, 2.24) is 9.55 Å². The molecule has 0 spiro atoms. The van der Waals surface area contributed by atoms with E-state index in [1.807, 2.05) is 18.2 Å². The number of ether oxygens (including phenoxy) is 2. The maximum absolute atomic E-state index is 13.0. The Morgan fingerprint density at radius 3 is 2.66 bits per heavy atom. The summed E-state index contributed by atoms with van der Waals surface area (Å²) < 4.78 is 11.3. The highest BCUT2D eigenvalue weighted by Gasteiger charge is 2.23. The van der Waals surface area contributed by atoms with Gasteiger partial charge in [0, 0.05) is 12.8 Å². The Balaban J connectivity index is 1.89. The first-order chi connectivity index (χ1) is 13.9. The van der Waals surface area contributed by atoms with Gasteiger partial charge in [0.2, 0.25) is 5.91 Å². The number of amides is 1. The summed E-state index contributed by atoms with van der Waals surface area (Å²) in [6, 6.07) is 8.21. The minimum atomic E-state index is -0.781. The molecule has 29 heavy (non-hydrogen) atoms. The summed E-state index contributed by atoms with van der Waals surface area (Å²) in [6.45, 7) is 3.70. The van der Waals surface area contributed by atoms with Crippen molar-refractivity contribution in [2.75, 3.05) is 25.6 Å². The number of nitrogens with one attached hydrogen (secondary N) is 1. The second-order valence-corrected chi connectivity index (χ2v) is 7.35. The average molecular weight is 415 g/mol. The van der Waals surface area contributed by atoms with Crippen LogP contribution in [0.3, 0.4) is 0 Å². The maximum Gasteiger partial charge on any atom is 0.348 e. The van der Waals surface area contributed by atoms with Crippen molar-refractivity contribution in [2.24, 2.45) is 0 Å². The number of thiophene rings is 1. The summed E-state index contributed by atoms with van der Waals surface area (Å²) in [5, 5.41) is 3.09. The van der Waals surface area contributed by atoms with Crippen molar-refractivity contribution in [3.63, 3.8) is 0 Å². The highest BCUT2D eigenvalue weighted by atomic mass is 32.1. The van der Waals surface area contributed by atoms with Gasteiger partial charge in [0.15, 0.2) is 0 Å². The van der Waals surface area contributed by atoms with E-state index in [-0.39, 0.29) is 24.7 Å². The molecule has 0 radical (unpaired) electrons. The van der Waals surface area contributed by atoms with E-state index < -0.39 is 12.0 Å². The van der Waals surface area contributed by atoms with Gasteiger partial charge in [-0.25, -0.2) is 9.78 Å². The molecule has 3 aromatic rings. The van der Waals surface area contributed by atoms with E-state index in [1.54, 1.807) is 26.0 Å². The Morgan fingerprint density at radius 1 is 1.24 bits per heavy atom. The van der Waals surface area contributed by atoms with Gasteiger partial charge in [-0.15, -0.1) is 11.3 Å². The van der Waals surface area contributed by atoms with Crippen LogP contribution in [-0.4, -0.2) is 41.8 Å². The fraction of sp³-hybridized carbons (Fsp3) is 0.300. The molecule has 0 saturated carbocycles. The number of methoxy groups -OCH3 is 1. The number of hydrogen-bond donors (Lipinski definition) is 1. The molecular formula is C20H21N3O5S. The minimum absolute atomic E-state index is 0.122. The van der Waals surface area contributed by atoms with Gasteiger partial charge in [-0.05, 0) is 31.5 Å². The van der Waals surface area contributed by atoms with Crippen LogP contribution >= 0.6 is 11.3 Å². The molecule has 3 rings (SSSR count). The van der Waals surface area contributed by atoms with Gasteiger partial charge in [-0.3, -0.25) is 14.2 Å². The van der Waals surface area contributed by atoms with Crippen LogP contribution in [0.1, 0.15) is 28.2 Å². The number of aromatic nitrogens is 2. The zero-order valence-electron chi connectivity index (χ0n) is 16.3. The lowest BCUT2D eigenvalue weighted by Gasteiger charge is -2.14. The average Bonchev–Trinajstić information content (AvgIpc) is 3.06. The van der Waals surface area contributed by atoms with E-state index in [1.165, 1.54) is 18.0 Å². The predicted molar refractivity (Wildman–Crippen MR) is 111 cm³/mol. The van der Waals surface area contributed by atoms with Crippen molar-refractivity contribution in [1.29, 1.82) is 0 Å². The number of benzene rings is 1. The summed E-state index contributed by atoms with van der Waals surface area (Å²) >= 11 is 1.10. The molecule has 1 atom stereocenters. The maximum atomic E-state index is 13.0. The molecule has 0 aliphatic carbocycles. The van der Waals surface area contributed by atoms with Crippen LogP contribution in [0.5, 0.6) is 0 Å². The molecule has 152 valence electrons. The summed E-state index contributed by atoms with van der Waals surface area (Å²) in [5.41, 5.74) is 0.754. The largest absolute Gasteiger partial charge is 0.459 e. The molecule has 0 aliphatic rings. The van der Waals surface area contributed by atoms with E-state index in [2.05, 4.69) is 10.3 Å². The number of carbonyl (C=O) groups excluding carboxylic acids is 2. The lowest BCUT2D eigenvalue weighted by molar-refractivity contribution is -0.118. The van der Waals surface area contributed by atoms with Crippen molar-refractivity contribution in [3.8, 4) is 0 Å². The number of rotatable bonds is 7. The molecule has 8 nitrogen and oxygen atoms in total. The molecule has 1 aromatic carbocycles. The van der Waals surface area contributed by atoms with Gasteiger partial charge in [0.1, 0.15) is 22.4 Å². The first-order valence-electron chi connectivity index (χ1n) is 8.96. The Morgan fingerprint density at radius 2 is 1.97 bits per heavy atom. The topological polar surface area (TPSA) is 99.5 Å². The van der Waals surface area contributed by atoms with E-state index >= 15 is 0 Å². The van der Waals surface area contributed by atoms with Gasteiger partial charge in [0.25, 0.3) is 5.56 Å². The number of nitrogens with zero attached hydrogens (tertiary/aromatic N) is 2. The predicted octanol–water partition coefficient (Wildman–Crippen LogP) is 2.77. The molecular weight excluding hydrogens is 394 g/mol. The molecule has 0 aliphatic heterocycles. The smallest absolute Gasteiger partial charge is 0.348 e. The zero-order valence-corrected chi connectivity index (χ0v) is 17.1. The molecule has 1 N–H and O–H groups in total. The van der Waals surface area contributed by atoms with E-state index in [0.717, 1.165) is 11.3 Å². The van der Waals surface area contributed by atoms with Crippen molar-refractivity contribution < 1.29 is 19.1 Å². The monoisotopic (exact) mass is 415 g/mol. The molecule has 2 aromatic heterocycles. The molecule has 0 saturated heterocycles. The van der Waals surface area contributed by atoms with Crippen molar-refractivity contribution in [2.45, 2.75) is 19.9 Å². The van der Waals surface area contributed by atoms with Crippen LogP contribution in [0.4, 0.5) is 5.69 Å². The Hall–Kier alpha value is -3.04. The van der Waals surface area contributed by atoms with Gasteiger partial charge in [0.05, 0.1) is 18.3 Å². The molecule has 0 fully saturated rings. The first-order valence-corrected chi connectivity index (χ1v) is 9.78. The summed E-state index contributed by atoms with van der Waals surface area (Å²) in [5.74, 6) is -0.866. The molecule has 1 amide bonds. The third-order valence-electron chi connectivity index (χ3n) is 4.42. The lowest BCUT2D eigenvalue weighted by atomic mass is 10.2.